The number of halogens is 2. The van der Waals surface area contributed by atoms with Crippen molar-refractivity contribution in [2.24, 2.45) is 11.7 Å². The summed E-state index contributed by atoms with van der Waals surface area (Å²) in [5.41, 5.74) is 6.92. The fourth-order valence-electron chi connectivity index (χ4n) is 2.88. The summed E-state index contributed by atoms with van der Waals surface area (Å²) in [6, 6.07) is 6.84. The van der Waals surface area contributed by atoms with E-state index in [4.69, 9.17) is 10.5 Å². The van der Waals surface area contributed by atoms with Crippen LogP contribution in [-0.2, 0) is 4.74 Å². The molecule has 2 rings (SSSR count). The summed E-state index contributed by atoms with van der Waals surface area (Å²) in [7, 11) is 1.71. The number of rotatable bonds is 7. The SMILES string of the molecule is COCC1CCN(C(CN)c2ccc(OC(F)F)cc2)C1. The molecule has 1 aromatic carbocycles. The zero-order valence-corrected chi connectivity index (χ0v) is 12.2. The van der Waals surface area contributed by atoms with Gasteiger partial charge in [0.05, 0.1) is 6.61 Å². The van der Waals surface area contributed by atoms with E-state index >= 15 is 0 Å². The topological polar surface area (TPSA) is 47.7 Å². The highest BCUT2D eigenvalue weighted by molar-refractivity contribution is 5.29. The van der Waals surface area contributed by atoms with Gasteiger partial charge in [-0.05, 0) is 36.6 Å². The number of benzene rings is 1. The average Bonchev–Trinajstić information content (AvgIpc) is 2.90. The Bertz CT molecular complexity index is 428. The molecule has 0 aromatic heterocycles. The minimum absolute atomic E-state index is 0.104. The molecule has 6 heteroatoms. The fraction of sp³-hybridized carbons (Fsp3) is 0.600. The van der Waals surface area contributed by atoms with Crippen LogP contribution in [-0.4, -0.2) is 44.9 Å². The van der Waals surface area contributed by atoms with Crippen LogP contribution in [0.1, 0.15) is 18.0 Å². The lowest BCUT2D eigenvalue weighted by molar-refractivity contribution is -0.0498. The molecular formula is C15H22F2N2O2. The monoisotopic (exact) mass is 300 g/mol. The molecular weight excluding hydrogens is 278 g/mol. The highest BCUT2D eigenvalue weighted by Crippen LogP contribution is 2.28. The second-order valence-electron chi connectivity index (χ2n) is 5.30. The Balaban J connectivity index is 2.00. The van der Waals surface area contributed by atoms with Crippen molar-refractivity contribution in [2.45, 2.75) is 19.1 Å². The second kappa shape index (κ2) is 7.68. The molecule has 0 spiro atoms. The van der Waals surface area contributed by atoms with Gasteiger partial charge in [-0.1, -0.05) is 12.1 Å². The van der Waals surface area contributed by atoms with E-state index in [-0.39, 0.29) is 11.8 Å². The van der Waals surface area contributed by atoms with E-state index in [0.29, 0.717) is 12.5 Å². The largest absolute Gasteiger partial charge is 0.435 e. The van der Waals surface area contributed by atoms with Crippen LogP contribution in [0, 0.1) is 5.92 Å². The number of hydrogen-bond donors (Lipinski definition) is 1. The molecule has 0 radical (unpaired) electrons. The van der Waals surface area contributed by atoms with Crippen LogP contribution in [0.3, 0.4) is 0 Å². The van der Waals surface area contributed by atoms with E-state index in [2.05, 4.69) is 9.64 Å². The Labute approximate surface area is 123 Å². The lowest BCUT2D eigenvalue weighted by atomic mass is 10.1. The first-order valence-electron chi connectivity index (χ1n) is 7.12. The molecule has 0 amide bonds. The van der Waals surface area contributed by atoms with Gasteiger partial charge in [0.25, 0.3) is 0 Å². The number of nitrogens with zero attached hydrogens (tertiary/aromatic N) is 1. The lowest BCUT2D eigenvalue weighted by Crippen LogP contribution is -2.32. The van der Waals surface area contributed by atoms with Crippen molar-refractivity contribution in [1.29, 1.82) is 0 Å². The van der Waals surface area contributed by atoms with E-state index in [0.717, 1.165) is 31.7 Å². The van der Waals surface area contributed by atoms with Crippen molar-refractivity contribution in [3.05, 3.63) is 29.8 Å². The third kappa shape index (κ3) is 4.36. The first-order valence-corrected chi connectivity index (χ1v) is 7.12. The second-order valence-corrected chi connectivity index (χ2v) is 5.30. The van der Waals surface area contributed by atoms with E-state index in [1.165, 1.54) is 0 Å². The van der Waals surface area contributed by atoms with Gasteiger partial charge in [-0.3, -0.25) is 4.90 Å². The highest BCUT2D eigenvalue weighted by atomic mass is 19.3. The summed E-state index contributed by atoms with van der Waals surface area (Å²) in [6.07, 6.45) is 1.09. The lowest BCUT2D eigenvalue weighted by Gasteiger charge is -2.27. The van der Waals surface area contributed by atoms with Gasteiger partial charge >= 0.3 is 6.61 Å². The van der Waals surface area contributed by atoms with Gasteiger partial charge < -0.3 is 15.2 Å². The standard InChI is InChI=1S/C15H22F2N2O2/c1-20-10-11-6-7-19(9-11)14(8-18)12-2-4-13(5-3-12)21-15(16)17/h2-5,11,14-15H,6-10,18H2,1H3. The van der Waals surface area contributed by atoms with Gasteiger partial charge in [0, 0.05) is 26.2 Å². The van der Waals surface area contributed by atoms with Gasteiger partial charge in [-0.2, -0.15) is 8.78 Å². The number of alkyl halides is 2. The van der Waals surface area contributed by atoms with Crippen molar-refractivity contribution in [2.75, 3.05) is 33.4 Å². The van der Waals surface area contributed by atoms with Crippen LogP contribution in [0.2, 0.25) is 0 Å². The van der Waals surface area contributed by atoms with Crippen molar-refractivity contribution in [3.63, 3.8) is 0 Å². The fourth-order valence-corrected chi connectivity index (χ4v) is 2.88. The Kier molecular flexibility index (Phi) is 5.90. The zero-order chi connectivity index (χ0) is 15.2. The average molecular weight is 300 g/mol. The van der Waals surface area contributed by atoms with Crippen molar-refractivity contribution < 1.29 is 18.3 Å². The predicted molar refractivity (Wildman–Crippen MR) is 76.4 cm³/mol. The van der Waals surface area contributed by atoms with E-state index in [9.17, 15) is 8.78 Å². The van der Waals surface area contributed by atoms with Gasteiger partial charge in [0.1, 0.15) is 5.75 Å². The van der Waals surface area contributed by atoms with Crippen molar-refractivity contribution >= 4 is 0 Å². The van der Waals surface area contributed by atoms with Gasteiger partial charge in [0.2, 0.25) is 0 Å². The molecule has 4 nitrogen and oxygen atoms in total. The molecule has 1 heterocycles. The molecule has 0 bridgehead atoms. The van der Waals surface area contributed by atoms with E-state index in [1.54, 1.807) is 31.4 Å². The maximum Gasteiger partial charge on any atom is 0.387 e. The molecule has 2 N–H and O–H groups in total. The smallest absolute Gasteiger partial charge is 0.387 e. The molecule has 1 aliphatic rings. The zero-order valence-electron chi connectivity index (χ0n) is 12.2. The summed E-state index contributed by atoms with van der Waals surface area (Å²) in [5, 5.41) is 0. The summed E-state index contributed by atoms with van der Waals surface area (Å²) in [6.45, 7) is 0.384. The molecule has 1 saturated heterocycles. The first kappa shape index (κ1) is 16.1. The van der Waals surface area contributed by atoms with Crippen LogP contribution < -0.4 is 10.5 Å². The normalized spacial score (nSPS) is 20.9. The molecule has 1 aromatic rings. The Morgan fingerprint density at radius 2 is 2.05 bits per heavy atom. The first-order chi connectivity index (χ1) is 10.1. The van der Waals surface area contributed by atoms with Crippen LogP contribution in [0.15, 0.2) is 24.3 Å². The van der Waals surface area contributed by atoms with Gasteiger partial charge in [-0.15, -0.1) is 0 Å². The molecule has 2 unspecified atom stereocenters. The third-order valence-electron chi connectivity index (χ3n) is 3.87. The minimum atomic E-state index is -2.80. The highest BCUT2D eigenvalue weighted by Gasteiger charge is 2.28. The van der Waals surface area contributed by atoms with E-state index < -0.39 is 6.61 Å². The third-order valence-corrected chi connectivity index (χ3v) is 3.87. The van der Waals surface area contributed by atoms with Gasteiger partial charge in [-0.25, -0.2) is 0 Å². The molecule has 118 valence electrons. The molecule has 1 fully saturated rings. The number of nitrogens with two attached hydrogens (primary N) is 1. The van der Waals surface area contributed by atoms with Crippen LogP contribution in [0.5, 0.6) is 5.75 Å². The molecule has 1 aliphatic heterocycles. The van der Waals surface area contributed by atoms with Gasteiger partial charge in [0.15, 0.2) is 0 Å². The molecule has 21 heavy (non-hydrogen) atoms. The summed E-state index contributed by atoms with van der Waals surface area (Å²) in [4.78, 5) is 2.33. The number of ether oxygens (including phenoxy) is 2. The molecule has 2 atom stereocenters. The minimum Gasteiger partial charge on any atom is -0.435 e. The summed E-state index contributed by atoms with van der Waals surface area (Å²) < 4.78 is 33.9. The Hall–Kier alpha value is -1.24. The molecule has 0 saturated carbocycles. The Morgan fingerprint density at radius 3 is 2.62 bits per heavy atom. The summed E-state index contributed by atoms with van der Waals surface area (Å²) >= 11 is 0. The summed E-state index contributed by atoms with van der Waals surface area (Å²) in [5.74, 6) is 0.702. The number of methoxy groups -OCH3 is 1. The Morgan fingerprint density at radius 1 is 1.33 bits per heavy atom. The van der Waals surface area contributed by atoms with Crippen LogP contribution >= 0.6 is 0 Å². The number of hydrogen-bond acceptors (Lipinski definition) is 4. The van der Waals surface area contributed by atoms with Crippen molar-refractivity contribution in [3.8, 4) is 5.75 Å². The van der Waals surface area contributed by atoms with Crippen LogP contribution in [0.25, 0.3) is 0 Å². The predicted octanol–water partition coefficient (Wildman–Crippen LogP) is 2.26. The molecule has 0 aliphatic carbocycles. The van der Waals surface area contributed by atoms with E-state index in [1.807, 2.05) is 0 Å². The maximum absolute atomic E-state index is 12.1. The quantitative estimate of drug-likeness (QED) is 0.839. The van der Waals surface area contributed by atoms with Crippen LogP contribution in [0.4, 0.5) is 8.78 Å². The maximum atomic E-state index is 12.1. The van der Waals surface area contributed by atoms with Crippen molar-refractivity contribution in [1.82, 2.24) is 4.90 Å². The number of likely N-dealkylation sites (tertiary alicyclic amines) is 1.